The fraction of sp³-hybridized carbons (Fsp3) is 0.375. The molecular weight excluding hydrogens is 312 g/mol. The summed E-state index contributed by atoms with van der Waals surface area (Å²) in [5, 5.41) is 5.26. The summed E-state index contributed by atoms with van der Waals surface area (Å²) in [4.78, 5) is 49.3. The Balaban J connectivity index is 1.85. The molecule has 1 unspecified atom stereocenters. The number of piperidine rings is 1. The third-order valence-electron chi connectivity index (χ3n) is 4.07. The first-order valence-electron chi connectivity index (χ1n) is 7.73. The van der Waals surface area contributed by atoms with Crippen molar-refractivity contribution in [1.29, 1.82) is 0 Å². The van der Waals surface area contributed by atoms with Crippen molar-refractivity contribution in [1.82, 2.24) is 10.2 Å². The minimum Gasteiger partial charge on any atom is -0.383 e. The molecule has 8 nitrogen and oxygen atoms in total. The maximum atomic E-state index is 12.6. The lowest BCUT2D eigenvalue weighted by Crippen LogP contribution is -2.54. The molecule has 2 heterocycles. The van der Waals surface area contributed by atoms with E-state index in [-0.39, 0.29) is 30.0 Å². The van der Waals surface area contributed by atoms with Gasteiger partial charge in [0.2, 0.25) is 11.8 Å². The summed E-state index contributed by atoms with van der Waals surface area (Å²) in [6.45, 7) is 2.37. The van der Waals surface area contributed by atoms with Gasteiger partial charge in [0, 0.05) is 24.7 Å². The normalized spacial score (nSPS) is 21.6. The van der Waals surface area contributed by atoms with Gasteiger partial charge in [-0.1, -0.05) is 0 Å². The van der Waals surface area contributed by atoms with Gasteiger partial charge in [0.1, 0.15) is 6.04 Å². The van der Waals surface area contributed by atoms with E-state index in [1.54, 1.807) is 18.2 Å². The summed E-state index contributed by atoms with van der Waals surface area (Å²) < 4.78 is 0. The van der Waals surface area contributed by atoms with Crippen molar-refractivity contribution in [2.45, 2.75) is 31.8 Å². The Morgan fingerprint density at radius 1 is 1.25 bits per heavy atom. The number of carbonyl (C=O) groups excluding carboxylic acids is 4. The van der Waals surface area contributed by atoms with Crippen molar-refractivity contribution in [2.75, 3.05) is 11.9 Å². The number of fused-ring (bicyclic) bond motifs is 1. The Morgan fingerprint density at radius 2 is 1.96 bits per heavy atom. The maximum Gasteiger partial charge on any atom is 0.262 e. The van der Waals surface area contributed by atoms with Gasteiger partial charge in [-0.15, -0.1) is 0 Å². The van der Waals surface area contributed by atoms with Crippen LogP contribution in [0.2, 0.25) is 0 Å². The van der Waals surface area contributed by atoms with Crippen LogP contribution in [-0.2, 0) is 9.59 Å². The Hall–Kier alpha value is -2.74. The smallest absolute Gasteiger partial charge is 0.262 e. The van der Waals surface area contributed by atoms with Gasteiger partial charge in [-0.3, -0.25) is 29.4 Å². The van der Waals surface area contributed by atoms with Crippen molar-refractivity contribution in [3.8, 4) is 0 Å². The topological polar surface area (TPSA) is 122 Å². The zero-order valence-corrected chi connectivity index (χ0v) is 13.2. The van der Waals surface area contributed by atoms with Gasteiger partial charge in [-0.25, -0.2) is 0 Å². The summed E-state index contributed by atoms with van der Waals surface area (Å²) in [6, 6.07) is 3.83. The largest absolute Gasteiger partial charge is 0.383 e. The lowest BCUT2D eigenvalue weighted by Gasteiger charge is -2.27. The summed E-state index contributed by atoms with van der Waals surface area (Å²) in [6.07, 6.45) is 0.247. The third kappa shape index (κ3) is 2.76. The van der Waals surface area contributed by atoms with Gasteiger partial charge in [-0.05, 0) is 31.5 Å². The minimum atomic E-state index is -0.949. The molecule has 126 valence electrons. The molecule has 1 aromatic rings. The molecule has 2 atom stereocenters. The van der Waals surface area contributed by atoms with Crippen LogP contribution in [0.3, 0.4) is 0 Å². The lowest BCUT2D eigenvalue weighted by molar-refractivity contribution is -0.136. The molecule has 0 spiro atoms. The molecule has 0 bridgehead atoms. The highest BCUT2D eigenvalue weighted by Crippen LogP contribution is 2.29. The molecule has 1 saturated heterocycles. The number of hydrogen-bond acceptors (Lipinski definition) is 6. The molecule has 0 aliphatic carbocycles. The van der Waals surface area contributed by atoms with Crippen LogP contribution < -0.4 is 16.4 Å². The van der Waals surface area contributed by atoms with E-state index >= 15 is 0 Å². The van der Waals surface area contributed by atoms with Gasteiger partial charge in [-0.2, -0.15) is 0 Å². The van der Waals surface area contributed by atoms with Crippen LogP contribution in [0.25, 0.3) is 0 Å². The molecule has 1 aromatic carbocycles. The Bertz CT molecular complexity index is 744. The van der Waals surface area contributed by atoms with Crippen molar-refractivity contribution in [3.63, 3.8) is 0 Å². The molecule has 2 aliphatic rings. The van der Waals surface area contributed by atoms with Crippen LogP contribution in [0, 0.1) is 0 Å². The van der Waals surface area contributed by atoms with E-state index in [4.69, 9.17) is 5.73 Å². The van der Waals surface area contributed by atoms with E-state index in [2.05, 4.69) is 10.6 Å². The number of carbonyl (C=O) groups is 4. The number of benzene rings is 1. The van der Waals surface area contributed by atoms with Crippen molar-refractivity contribution >= 4 is 29.3 Å². The van der Waals surface area contributed by atoms with E-state index in [0.29, 0.717) is 12.2 Å². The predicted molar refractivity (Wildman–Crippen MR) is 85.3 cm³/mol. The quantitative estimate of drug-likeness (QED) is 0.660. The van der Waals surface area contributed by atoms with Crippen molar-refractivity contribution in [2.24, 2.45) is 5.73 Å². The minimum absolute atomic E-state index is 0.0597. The first-order chi connectivity index (χ1) is 11.4. The fourth-order valence-corrected chi connectivity index (χ4v) is 2.86. The zero-order valence-electron chi connectivity index (χ0n) is 13.2. The van der Waals surface area contributed by atoms with Gasteiger partial charge in [0.15, 0.2) is 0 Å². The molecule has 3 rings (SSSR count). The Labute approximate surface area is 138 Å². The van der Waals surface area contributed by atoms with Crippen LogP contribution >= 0.6 is 0 Å². The number of nitrogens with two attached hydrogens (primary N) is 1. The van der Waals surface area contributed by atoms with Crippen LogP contribution in [0.4, 0.5) is 5.69 Å². The molecular formula is C16H18N4O4. The molecule has 0 radical (unpaired) electrons. The highest BCUT2D eigenvalue weighted by atomic mass is 16.2. The third-order valence-corrected chi connectivity index (χ3v) is 4.07. The highest BCUT2D eigenvalue weighted by Gasteiger charge is 2.44. The summed E-state index contributed by atoms with van der Waals surface area (Å²) in [7, 11) is 0. The molecule has 2 aliphatic heterocycles. The molecule has 4 amide bonds. The number of imide groups is 2. The maximum absolute atomic E-state index is 12.6. The molecule has 4 N–H and O–H groups in total. The lowest BCUT2D eigenvalue weighted by atomic mass is 10.0. The van der Waals surface area contributed by atoms with Gasteiger partial charge < -0.3 is 11.1 Å². The average molecular weight is 330 g/mol. The van der Waals surface area contributed by atoms with E-state index in [1.807, 2.05) is 6.92 Å². The number of anilines is 1. The standard InChI is InChI=1S/C16H18N4O4/c1-8(17)7-18-9-2-3-10-11(6-9)16(24)20(15(10)23)12-4-5-13(21)19-14(12)22/h2-3,6,8,12,18H,4-5,7,17H2,1H3,(H,19,21,22)/t8-,12?/m0/s1. The van der Waals surface area contributed by atoms with Crippen molar-refractivity contribution < 1.29 is 19.2 Å². The number of nitrogens with one attached hydrogen (secondary N) is 2. The second-order valence-electron chi connectivity index (χ2n) is 6.07. The fourth-order valence-electron chi connectivity index (χ4n) is 2.86. The van der Waals surface area contributed by atoms with Crippen LogP contribution in [0.5, 0.6) is 0 Å². The first-order valence-corrected chi connectivity index (χ1v) is 7.73. The summed E-state index contributed by atoms with van der Waals surface area (Å²) in [5.74, 6) is -2.04. The molecule has 0 aromatic heterocycles. The van der Waals surface area contributed by atoms with Crippen LogP contribution in [0.1, 0.15) is 40.5 Å². The van der Waals surface area contributed by atoms with E-state index < -0.39 is 29.7 Å². The first kappa shape index (κ1) is 16.1. The molecule has 24 heavy (non-hydrogen) atoms. The second kappa shape index (κ2) is 6.04. The molecule has 0 saturated carbocycles. The van der Waals surface area contributed by atoms with Crippen molar-refractivity contribution in [3.05, 3.63) is 29.3 Å². The second-order valence-corrected chi connectivity index (χ2v) is 6.07. The summed E-state index contributed by atoms with van der Waals surface area (Å²) >= 11 is 0. The number of amides is 4. The van der Waals surface area contributed by atoms with Gasteiger partial charge >= 0.3 is 0 Å². The number of nitrogens with zero attached hydrogens (tertiary/aromatic N) is 1. The van der Waals surface area contributed by atoms with Crippen LogP contribution in [0.15, 0.2) is 18.2 Å². The van der Waals surface area contributed by atoms with Gasteiger partial charge in [0.25, 0.3) is 11.8 Å². The Morgan fingerprint density at radius 3 is 2.62 bits per heavy atom. The molecule has 8 heteroatoms. The molecule has 1 fully saturated rings. The number of rotatable bonds is 4. The summed E-state index contributed by atoms with van der Waals surface area (Å²) in [5.41, 5.74) is 6.87. The average Bonchev–Trinajstić information content (AvgIpc) is 2.77. The monoisotopic (exact) mass is 330 g/mol. The van der Waals surface area contributed by atoms with E-state index in [0.717, 1.165) is 4.90 Å². The van der Waals surface area contributed by atoms with Gasteiger partial charge in [0.05, 0.1) is 11.1 Å². The number of hydrogen-bond donors (Lipinski definition) is 3. The van der Waals surface area contributed by atoms with Crippen LogP contribution in [-0.4, -0.2) is 47.2 Å². The zero-order chi connectivity index (χ0) is 17.4. The Kier molecular flexibility index (Phi) is 4.06. The SMILES string of the molecule is C[C@H](N)CNc1ccc2c(c1)C(=O)N(C1CCC(=O)NC1=O)C2=O. The van der Waals surface area contributed by atoms with E-state index in [9.17, 15) is 19.2 Å². The highest BCUT2D eigenvalue weighted by molar-refractivity contribution is 6.23. The van der Waals surface area contributed by atoms with E-state index in [1.165, 1.54) is 0 Å². The predicted octanol–water partition coefficient (Wildman–Crippen LogP) is -0.153.